The SMILES string of the molecule is CN(CCCCCO)C(=O)C(F)(F)F. The van der Waals surface area contributed by atoms with Crippen LogP contribution in [-0.2, 0) is 4.79 Å². The van der Waals surface area contributed by atoms with Crippen molar-refractivity contribution in [1.82, 2.24) is 4.90 Å². The Bertz CT molecular complexity index is 182. The molecule has 0 fully saturated rings. The predicted molar refractivity (Wildman–Crippen MR) is 44.6 cm³/mol. The van der Waals surface area contributed by atoms with Gasteiger partial charge in [-0.25, -0.2) is 0 Å². The van der Waals surface area contributed by atoms with E-state index >= 15 is 0 Å². The maximum Gasteiger partial charge on any atom is 0.471 e. The molecule has 6 heteroatoms. The largest absolute Gasteiger partial charge is 0.471 e. The number of hydrogen-bond donors (Lipinski definition) is 1. The van der Waals surface area contributed by atoms with E-state index in [9.17, 15) is 18.0 Å². The Labute approximate surface area is 80.5 Å². The first kappa shape index (κ1) is 13.2. The summed E-state index contributed by atoms with van der Waals surface area (Å²) in [6.07, 6.45) is -3.15. The standard InChI is InChI=1S/C8H14F3NO2/c1-12(5-3-2-4-6-13)7(14)8(9,10)11/h13H,2-6H2,1H3. The first-order valence-electron chi connectivity index (χ1n) is 4.32. The number of unbranched alkanes of at least 4 members (excludes halogenated alkanes) is 2. The lowest BCUT2D eigenvalue weighted by Gasteiger charge is -2.18. The van der Waals surface area contributed by atoms with Crippen molar-refractivity contribution in [2.24, 2.45) is 0 Å². The Morgan fingerprint density at radius 1 is 1.29 bits per heavy atom. The van der Waals surface area contributed by atoms with Crippen molar-refractivity contribution < 1.29 is 23.1 Å². The number of aliphatic hydroxyl groups excluding tert-OH is 1. The van der Waals surface area contributed by atoms with Crippen molar-refractivity contribution in [1.29, 1.82) is 0 Å². The first-order valence-corrected chi connectivity index (χ1v) is 4.32. The van der Waals surface area contributed by atoms with Crippen molar-refractivity contribution >= 4 is 5.91 Å². The van der Waals surface area contributed by atoms with E-state index in [1.165, 1.54) is 0 Å². The summed E-state index contributed by atoms with van der Waals surface area (Å²) in [6.45, 7) is 0.0925. The molecule has 0 unspecified atom stereocenters. The molecule has 0 aromatic carbocycles. The lowest BCUT2D eigenvalue weighted by molar-refractivity contribution is -0.184. The summed E-state index contributed by atoms with van der Waals surface area (Å²) in [4.78, 5) is 11.2. The van der Waals surface area contributed by atoms with Gasteiger partial charge in [0.2, 0.25) is 0 Å². The minimum absolute atomic E-state index is 0.0247. The van der Waals surface area contributed by atoms with Crippen LogP contribution in [0, 0.1) is 0 Å². The molecule has 0 radical (unpaired) electrons. The zero-order chi connectivity index (χ0) is 11.2. The van der Waals surface area contributed by atoms with E-state index in [-0.39, 0.29) is 13.2 Å². The molecule has 0 aromatic rings. The zero-order valence-corrected chi connectivity index (χ0v) is 7.97. The molecule has 14 heavy (non-hydrogen) atoms. The molecule has 0 aliphatic carbocycles. The van der Waals surface area contributed by atoms with E-state index in [2.05, 4.69) is 0 Å². The Balaban J connectivity index is 3.74. The summed E-state index contributed by atoms with van der Waals surface area (Å²) in [6, 6.07) is 0. The third kappa shape index (κ3) is 5.06. The fourth-order valence-corrected chi connectivity index (χ4v) is 0.956. The van der Waals surface area contributed by atoms with Crippen LogP contribution in [0.1, 0.15) is 19.3 Å². The van der Waals surface area contributed by atoms with E-state index in [4.69, 9.17) is 5.11 Å². The molecule has 0 heterocycles. The van der Waals surface area contributed by atoms with E-state index < -0.39 is 12.1 Å². The van der Waals surface area contributed by atoms with Crippen LogP contribution in [0.3, 0.4) is 0 Å². The molecule has 0 atom stereocenters. The van der Waals surface area contributed by atoms with Crippen molar-refractivity contribution in [2.45, 2.75) is 25.4 Å². The number of alkyl halides is 3. The van der Waals surface area contributed by atoms with Gasteiger partial charge in [-0.05, 0) is 19.3 Å². The summed E-state index contributed by atoms with van der Waals surface area (Å²) >= 11 is 0. The van der Waals surface area contributed by atoms with Gasteiger partial charge in [0.05, 0.1) is 0 Å². The van der Waals surface area contributed by atoms with Gasteiger partial charge in [-0.2, -0.15) is 13.2 Å². The molecule has 0 aliphatic rings. The highest BCUT2D eigenvalue weighted by molar-refractivity contribution is 5.81. The molecule has 0 aliphatic heterocycles. The highest BCUT2D eigenvalue weighted by atomic mass is 19.4. The van der Waals surface area contributed by atoms with Crippen LogP contribution in [0.25, 0.3) is 0 Å². The van der Waals surface area contributed by atoms with E-state index in [0.29, 0.717) is 24.2 Å². The third-order valence-electron chi connectivity index (χ3n) is 1.74. The number of aliphatic hydroxyl groups is 1. The van der Waals surface area contributed by atoms with Crippen molar-refractivity contribution in [3.8, 4) is 0 Å². The lowest BCUT2D eigenvalue weighted by Crippen LogP contribution is -2.38. The van der Waals surface area contributed by atoms with Crippen molar-refractivity contribution in [3.05, 3.63) is 0 Å². The number of carbonyl (C=O) groups is 1. The van der Waals surface area contributed by atoms with Gasteiger partial charge in [-0.1, -0.05) is 0 Å². The second-order valence-electron chi connectivity index (χ2n) is 3.01. The normalized spacial score (nSPS) is 11.5. The van der Waals surface area contributed by atoms with Crippen LogP contribution in [0.15, 0.2) is 0 Å². The van der Waals surface area contributed by atoms with Crippen LogP contribution in [0.5, 0.6) is 0 Å². The molecule has 3 nitrogen and oxygen atoms in total. The van der Waals surface area contributed by atoms with E-state index in [0.717, 1.165) is 7.05 Å². The van der Waals surface area contributed by atoms with Gasteiger partial charge in [-0.15, -0.1) is 0 Å². The second-order valence-corrected chi connectivity index (χ2v) is 3.01. The molecule has 0 saturated carbocycles. The molecule has 0 spiro atoms. The van der Waals surface area contributed by atoms with Crippen LogP contribution < -0.4 is 0 Å². The van der Waals surface area contributed by atoms with Gasteiger partial charge in [0, 0.05) is 20.2 Å². The maximum atomic E-state index is 11.8. The number of amides is 1. The number of hydrogen-bond acceptors (Lipinski definition) is 2. The minimum Gasteiger partial charge on any atom is -0.396 e. The lowest BCUT2D eigenvalue weighted by atomic mass is 10.2. The molecule has 1 N–H and O–H groups in total. The summed E-state index contributed by atoms with van der Waals surface area (Å²) in [5.41, 5.74) is 0. The zero-order valence-electron chi connectivity index (χ0n) is 7.97. The van der Waals surface area contributed by atoms with Crippen molar-refractivity contribution in [2.75, 3.05) is 20.2 Å². The number of nitrogens with zero attached hydrogens (tertiary/aromatic N) is 1. The quantitative estimate of drug-likeness (QED) is 0.696. The van der Waals surface area contributed by atoms with Crippen LogP contribution >= 0.6 is 0 Å². The molecule has 0 bridgehead atoms. The second kappa shape index (κ2) is 5.85. The average molecular weight is 213 g/mol. The highest BCUT2D eigenvalue weighted by Gasteiger charge is 2.40. The molecule has 84 valence electrons. The van der Waals surface area contributed by atoms with Gasteiger partial charge < -0.3 is 10.0 Å². The van der Waals surface area contributed by atoms with Crippen molar-refractivity contribution in [3.63, 3.8) is 0 Å². The van der Waals surface area contributed by atoms with Crippen LogP contribution in [-0.4, -0.2) is 42.3 Å². The molecule has 0 saturated heterocycles. The summed E-state index contributed by atoms with van der Waals surface area (Å²) in [5, 5.41) is 8.41. The van der Waals surface area contributed by atoms with Crippen LogP contribution in [0.4, 0.5) is 13.2 Å². The fourth-order valence-electron chi connectivity index (χ4n) is 0.956. The molecule has 0 aromatic heterocycles. The van der Waals surface area contributed by atoms with Gasteiger partial charge in [0.15, 0.2) is 0 Å². The van der Waals surface area contributed by atoms with Gasteiger partial charge in [0.25, 0.3) is 0 Å². The van der Waals surface area contributed by atoms with Gasteiger partial charge in [-0.3, -0.25) is 4.79 Å². The summed E-state index contributed by atoms with van der Waals surface area (Å²) in [5.74, 6) is -1.82. The molecular formula is C8H14F3NO2. The number of rotatable bonds is 5. The van der Waals surface area contributed by atoms with Gasteiger partial charge in [0.1, 0.15) is 0 Å². The van der Waals surface area contributed by atoms with E-state index in [1.54, 1.807) is 0 Å². The van der Waals surface area contributed by atoms with E-state index in [1.807, 2.05) is 0 Å². The Hall–Kier alpha value is -0.780. The monoisotopic (exact) mass is 213 g/mol. The topological polar surface area (TPSA) is 40.5 Å². The third-order valence-corrected chi connectivity index (χ3v) is 1.74. The minimum atomic E-state index is -4.79. The number of carbonyl (C=O) groups excluding carboxylic acids is 1. The predicted octanol–water partition coefficient (Wildman–Crippen LogP) is 1.17. The van der Waals surface area contributed by atoms with Gasteiger partial charge >= 0.3 is 12.1 Å². The molecular weight excluding hydrogens is 199 g/mol. The van der Waals surface area contributed by atoms with Crippen LogP contribution in [0.2, 0.25) is 0 Å². The fraction of sp³-hybridized carbons (Fsp3) is 0.875. The smallest absolute Gasteiger partial charge is 0.396 e. The Morgan fingerprint density at radius 3 is 2.29 bits per heavy atom. The number of halogens is 3. The molecule has 1 amide bonds. The first-order chi connectivity index (χ1) is 6.39. The maximum absolute atomic E-state index is 11.8. The summed E-state index contributed by atoms with van der Waals surface area (Å²) < 4.78 is 35.5. The average Bonchev–Trinajstić information content (AvgIpc) is 2.09. The Morgan fingerprint density at radius 2 is 1.86 bits per heavy atom. The Kier molecular flexibility index (Phi) is 5.52. The summed E-state index contributed by atoms with van der Waals surface area (Å²) in [7, 11) is 1.12. The molecule has 0 rings (SSSR count). The highest BCUT2D eigenvalue weighted by Crippen LogP contribution is 2.17.